The zero-order valence-electron chi connectivity index (χ0n) is 11.6. The molecule has 0 heterocycles. The summed E-state index contributed by atoms with van der Waals surface area (Å²) in [5.41, 5.74) is 9.52. The fourth-order valence-electron chi connectivity index (χ4n) is 2.63. The van der Waals surface area contributed by atoms with E-state index in [2.05, 4.69) is 5.32 Å². The summed E-state index contributed by atoms with van der Waals surface area (Å²) in [6.45, 7) is 0. The molecule has 1 aliphatic carbocycles. The maximum atomic E-state index is 12.2. The van der Waals surface area contributed by atoms with Gasteiger partial charge in [0.15, 0.2) is 0 Å². The van der Waals surface area contributed by atoms with Gasteiger partial charge in [-0.05, 0) is 66.8 Å². The average molecular weight is 280 g/mol. The zero-order valence-corrected chi connectivity index (χ0v) is 11.6. The molecule has 2 amide bonds. The van der Waals surface area contributed by atoms with Crippen LogP contribution in [0, 0.1) is 0 Å². The van der Waals surface area contributed by atoms with Crippen molar-refractivity contribution < 1.29 is 9.59 Å². The zero-order chi connectivity index (χ0) is 14.8. The Labute approximate surface area is 123 Å². The van der Waals surface area contributed by atoms with Crippen LogP contribution in [0.1, 0.15) is 38.3 Å². The van der Waals surface area contributed by atoms with Gasteiger partial charge in [-0.1, -0.05) is 6.07 Å². The monoisotopic (exact) mass is 280 g/mol. The average Bonchev–Trinajstić information content (AvgIpc) is 2.95. The van der Waals surface area contributed by atoms with Crippen molar-refractivity contribution in [3.63, 3.8) is 0 Å². The summed E-state index contributed by atoms with van der Waals surface area (Å²) in [7, 11) is 0. The molecule has 0 aromatic heterocycles. The molecule has 2 aromatic carbocycles. The van der Waals surface area contributed by atoms with Crippen molar-refractivity contribution in [2.24, 2.45) is 5.73 Å². The highest BCUT2D eigenvalue weighted by atomic mass is 16.2. The van der Waals surface area contributed by atoms with Crippen LogP contribution < -0.4 is 11.1 Å². The lowest BCUT2D eigenvalue weighted by molar-refractivity contribution is 0.0998. The van der Waals surface area contributed by atoms with E-state index in [1.165, 1.54) is 11.1 Å². The molecule has 0 bridgehead atoms. The van der Waals surface area contributed by atoms with Crippen LogP contribution in [0.4, 0.5) is 5.69 Å². The molecule has 0 fully saturated rings. The van der Waals surface area contributed by atoms with Crippen molar-refractivity contribution in [3.05, 3.63) is 64.7 Å². The van der Waals surface area contributed by atoms with Crippen LogP contribution in [-0.4, -0.2) is 11.8 Å². The molecular weight excluding hydrogens is 264 g/mol. The van der Waals surface area contributed by atoms with E-state index >= 15 is 0 Å². The Kier molecular flexibility index (Phi) is 3.44. The first kappa shape index (κ1) is 13.4. The molecule has 3 rings (SSSR count). The lowest BCUT2D eigenvalue weighted by Crippen LogP contribution is -2.13. The molecule has 2 aromatic rings. The summed E-state index contributed by atoms with van der Waals surface area (Å²) in [6.07, 6.45) is 3.31. The fraction of sp³-hybridized carbons (Fsp3) is 0.176. The molecule has 106 valence electrons. The van der Waals surface area contributed by atoms with Gasteiger partial charge in [-0.2, -0.15) is 0 Å². The van der Waals surface area contributed by atoms with Gasteiger partial charge in [0.2, 0.25) is 5.91 Å². The van der Waals surface area contributed by atoms with Crippen LogP contribution in [0.3, 0.4) is 0 Å². The molecule has 1 aliphatic rings. The Hall–Kier alpha value is -2.62. The predicted octanol–water partition coefficient (Wildman–Crippen LogP) is 2.53. The molecule has 0 spiro atoms. The van der Waals surface area contributed by atoms with Crippen LogP contribution in [-0.2, 0) is 12.8 Å². The molecule has 0 saturated heterocycles. The number of nitrogens with one attached hydrogen (secondary N) is 1. The molecule has 0 radical (unpaired) electrons. The van der Waals surface area contributed by atoms with Crippen LogP contribution in [0.25, 0.3) is 0 Å². The van der Waals surface area contributed by atoms with Gasteiger partial charge in [0, 0.05) is 16.8 Å². The largest absolute Gasteiger partial charge is 0.366 e. The number of hydrogen-bond acceptors (Lipinski definition) is 2. The minimum absolute atomic E-state index is 0.142. The van der Waals surface area contributed by atoms with Gasteiger partial charge < -0.3 is 11.1 Å². The van der Waals surface area contributed by atoms with Gasteiger partial charge >= 0.3 is 0 Å². The Morgan fingerprint density at radius 2 is 1.57 bits per heavy atom. The Bertz CT molecular complexity index is 705. The van der Waals surface area contributed by atoms with Crippen LogP contribution in [0.2, 0.25) is 0 Å². The molecule has 4 heteroatoms. The number of nitrogens with two attached hydrogens (primary N) is 1. The van der Waals surface area contributed by atoms with Crippen molar-refractivity contribution in [2.45, 2.75) is 19.3 Å². The van der Waals surface area contributed by atoms with E-state index in [0.717, 1.165) is 19.3 Å². The summed E-state index contributed by atoms with van der Waals surface area (Å²) in [5.74, 6) is -0.622. The van der Waals surface area contributed by atoms with Crippen LogP contribution >= 0.6 is 0 Å². The number of carbonyl (C=O) groups is 2. The van der Waals surface area contributed by atoms with Gasteiger partial charge in [-0.15, -0.1) is 0 Å². The molecule has 0 atom stereocenters. The van der Waals surface area contributed by atoms with Gasteiger partial charge in [0.05, 0.1) is 0 Å². The third-order valence-electron chi connectivity index (χ3n) is 3.79. The third-order valence-corrected chi connectivity index (χ3v) is 3.79. The molecule has 21 heavy (non-hydrogen) atoms. The van der Waals surface area contributed by atoms with Crippen molar-refractivity contribution in [2.75, 3.05) is 5.32 Å². The normalized spacial score (nSPS) is 12.8. The van der Waals surface area contributed by atoms with Crippen molar-refractivity contribution in [1.29, 1.82) is 0 Å². The van der Waals surface area contributed by atoms with E-state index in [1.54, 1.807) is 24.3 Å². The first-order valence-electron chi connectivity index (χ1n) is 6.96. The van der Waals surface area contributed by atoms with E-state index < -0.39 is 5.91 Å². The fourth-order valence-corrected chi connectivity index (χ4v) is 2.63. The van der Waals surface area contributed by atoms with E-state index in [1.807, 2.05) is 18.2 Å². The molecule has 0 saturated carbocycles. The van der Waals surface area contributed by atoms with Crippen LogP contribution in [0.5, 0.6) is 0 Å². The summed E-state index contributed by atoms with van der Waals surface area (Å²) in [5, 5.41) is 2.82. The highest BCUT2D eigenvalue weighted by Crippen LogP contribution is 2.23. The number of fused-ring (bicyclic) bond motifs is 1. The molecule has 0 unspecified atom stereocenters. The standard InChI is InChI=1S/C17H16N2O2/c18-16(20)12-6-8-15(9-7-12)19-17(21)14-5-4-11-2-1-3-13(11)10-14/h4-10H,1-3H2,(H2,18,20)(H,19,21). The van der Waals surface area contributed by atoms with Crippen molar-refractivity contribution in [3.8, 4) is 0 Å². The summed E-state index contributed by atoms with van der Waals surface area (Å²) < 4.78 is 0. The number of aryl methyl sites for hydroxylation is 2. The number of primary amides is 1. The maximum absolute atomic E-state index is 12.2. The maximum Gasteiger partial charge on any atom is 0.255 e. The van der Waals surface area contributed by atoms with Crippen LogP contribution in [0.15, 0.2) is 42.5 Å². The van der Waals surface area contributed by atoms with Crippen molar-refractivity contribution in [1.82, 2.24) is 0 Å². The van der Waals surface area contributed by atoms with Gasteiger partial charge in [-0.25, -0.2) is 0 Å². The van der Waals surface area contributed by atoms with Crippen molar-refractivity contribution >= 4 is 17.5 Å². The second-order valence-corrected chi connectivity index (χ2v) is 5.23. The number of hydrogen-bond donors (Lipinski definition) is 2. The predicted molar refractivity (Wildman–Crippen MR) is 81.4 cm³/mol. The minimum Gasteiger partial charge on any atom is -0.366 e. The molecular formula is C17H16N2O2. The number of anilines is 1. The highest BCUT2D eigenvalue weighted by molar-refractivity contribution is 6.04. The highest BCUT2D eigenvalue weighted by Gasteiger charge is 2.14. The van der Waals surface area contributed by atoms with E-state index in [-0.39, 0.29) is 5.91 Å². The van der Waals surface area contributed by atoms with E-state index in [4.69, 9.17) is 5.73 Å². The number of carbonyl (C=O) groups excluding carboxylic acids is 2. The van der Waals surface area contributed by atoms with E-state index in [0.29, 0.717) is 16.8 Å². The third kappa shape index (κ3) is 2.79. The first-order valence-corrected chi connectivity index (χ1v) is 6.96. The van der Waals surface area contributed by atoms with Gasteiger partial charge in [0.1, 0.15) is 0 Å². The SMILES string of the molecule is NC(=O)c1ccc(NC(=O)c2ccc3c(c2)CCC3)cc1. The summed E-state index contributed by atoms with van der Waals surface area (Å²) in [6, 6.07) is 12.4. The van der Waals surface area contributed by atoms with E-state index in [9.17, 15) is 9.59 Å². The second kappa shape index (κ2) is 5.40. The van der Waals surface area contributed by atoms with Gasteiger partial charge in [-0.3, -0.25) is 9.59 Å². The Balaban J connectivity index is 1.75. The Morgan fingerprint density at radius 1 is 0.905 bits per heavy atom. The number of amides is 2. The smallest absolute Gasteiger partial charge is 0.255 e. The topological polar surface area (TPSA) is 72.2 Å². The number of rotatable bonds is 3. The molecule has 4 nitrogen and oxygen atoms in total. The number of benzene rings is 2. The second-order valence-electron chi connectivity index (χ2n) is 5.23. The first-order chi connectivity index (χ1) is 10.1. The minimum atomic E-state index is -0.480. The summed E-state index contributed by atoms with van der Waals surface area (Å²) >= 11 is 0. The lowest BCUT2D eigenvalue weighted by atomic mass is 10.1. The Morgan fingerprint density at radius 3 is 2.29 bits per heavy atom. The van der Waals surface area contributed by atoms with Gasteiger partial charge in [0.25, 0.3) is 5.91 Å². The molecule has 3 N–H and O–H groups in total. The quantitative estimate of drug-likeness (QED) is 0.906. The summed E-state index contributed by atoms with van der Waals surface area (Å²) in [4.78, 5) is 23.2. The molecule has 0 aliphatic heterocycles. The lowest BCUT2D eigenvalue weighted by Gasteiger charge is -2.07.